The van der Waals surface area contributed by atoms with Crippen LogP contribution >= 0.6 is 11.3 Å². The minimum absolute atomic E-state index is 0.103. The average Bonchev–Trinajstić information content (AvgIpc) is 3.05. The second-order valence-corrected chi connectivity index (χ2v) is 7.50. The van der Waals surface area contributed by atoms with Crippen LogP contribution in [0.2, 0.25) is 0 Å². The highest BCUT2D eigenvalue weighted by molar-refractivity contribution is 7.94. The Kier molecular flexibility index (Phi) is 3.00. The first-order chi connectivity index (χ1) is 9.52. The van der Waals surface area contributed by atoms with Crippen molar-refractivity contribution in [2.45, 2.75) is 10.6 Å². The second kappa shape index (κ2) is 4.58. The predicted molar refractivity (Wildman–Crippen MR) is 73.7 cm³/mol. The van der Waals surface area contributed by atoms with Crippen molar-refractivity contribution in [2.24, 2.45) is 0 Å². The highest BCUT2D eigenvalue weighted by Crippen LogP contribution is 2.35. The molecule has 2 aromatic rings. The summed E-state index contributed by atoms with van der Waals surface area (Å²) in [6.45, 7) is 0.293. The molecule has 2 heterocycles. The lowest BCUT2D eigenvalue weighted by Crippen LogP contribution is -2.28. The number of hydrogen-bond donors (Lipinski definition) is 0. The standard InChI is InChI=1S/C13H9FN2O2S2/c14-10-2-1-9-5-6-16(12(9)7-10)20(17,18)13-4-3-11(8-15)19-13/h1-4,7H,5-6H2. The maximum Gasteiger partial charge on any atom is 0.273 e. The van der Waals surface area contributed by atoms with Crippen molar-refractivity contribution in [3.05, 3.63) is 46.6 Å². The maximum absolute atomic E-state index is 13.3. The summed E-state index contributed by atoms with van der Waals surface area (Å²) in [5.74, 6) is -0.463. The first-order valence-corrected chi connectivity index (χ1v) is 8.09. The summed E-state index contributed by atoms with van der Waals surface area (Å²) in [6.07, 6.45) is 0.561. The van der Waals surface area contributed by atoms with Crippen molar-refractivity contribution >= 4 is 27.0 Å². The van der Waals surface area contributed by atoms with E-state index in [2.05, 4.69) is 0 Å². The Labute approximate surface area is 119 Å². The number of benzene rings is 1. The zero-order valence-corrected chi connectivity index (χ0v) is 11.8. The normalized spacial score (nSPS) is 14.1. The molecule has 0 amide bonds. The Morgan fingerprint density at radius 3 is 2.80 bits per heavy atom. The van der Waals surface area contributed by atoms with Crippen molar-refractivity contribution in [1.29, 1.82) is 5.26 Å². The maximum atomic E-state index is 13.3. The quantitative estimate of drug-likeness (QED) is 0.856. The number of fused-ring (bicyclic) bond motifs is 1. The summed E-state index contributed by atoms with van der Waals surface area (Å²) in [6, 6.07) is 8.97. The van der Waals surface area contributed by atoms with Crippen LogP contribution in [-0.2, 0) is 16.4 Å². The number of rotatable bonds is 2. The molecular weight excluding hydrogens is 299 g/mol. The van der Waals surface area contributed by atoms with Crippen LogP contribution in [0.4, 0.5) is 10.1 Å². The molecule has 0 saturated heterocycles. The molecule has 102 valence electrons. The third kappa shape index (κ3) is 1.97. The highest BCUT2D eigenvalue weighted by Gasteiger charge is 2.32. The van der Waals surface area contributed by atoms with Crippen LogP contribution in [0.1, 0.15) is 10.4 Å². The van der Waals surface area contributed by atoms with Gasteiger partial charge in [-0.15, -0.1) is 11.3 Å². The lowest BCUT2D eigenvalue weighted by molar-refractivity contribution is 0.594. The van der Waals surface area contributed by atoms with Crippen LogP contribution in [0.3, 0.4) is 0 Å². The summed E-state index contributed by atoms with van der Waals surface area (Å²) in [5.41, 5.74) is 1.20. The minimum Gasteiger partial charge on any atom is -0.265 e. The third-order valence-electron chi connectivity index (χ3n) is 3.14. The van der Waals surface area contributed by atoms with Crippen LogP contribution in [-0.4, -0.2) is 15.0 Å². The van der Waals surface area contributed by atoms with Crippen molar-refractivity contribution in [3.8, 4) is 6.07 Å². The van der Waals surface area contributed by atoms with Gasteiger partial charge < -0.3 is 0 Å². The van der Waals surface area contributed by atoms with Gasteiger partial charge in [0.05, 0.1) is 5.69 Å². The van der Waals surface area contributed by atoms with E-state index in [4.69, 9.17) is 5.26 Å². The number of sulfonamides is 1. The van der Waals surface area contributed by atoms with E-state index in [1.165, 1.54) is 28.6 Å². The van der Waals surface area contributed by atoms with Gasteiger partial charge in [-0.05, 0) is 36.2 Å². The van der Waals surface area contributed by atoms with E-state index in [1.807, 2.05) is 6.07 Å². The van der Waals surface area contributed by atoms with Crippen LogP contribution < -0.4 is 4.31 Å². The Bertz CT molecular complexity index is 821. The lowest BCUT2D eigenvalue weighted by atomic mass is 10.2. The minimum atomic E-state index is -3.72. The van der Waals surface area contributed by atoms with Gasteiger partial charge in [0.2, 0.25) is 0 Å². The monoisotopic (exact) mass is 308 g/mol. The van der Waals surface area contributed by atoms with Gasteiger partial charge in [0.1, 0.15) is 21.0 Å². The molecular formula is C13H9FN2O2S2. The third-order valence-corrected chi connectivity index (χ3v) is 6.41. The highest BCUT2D eigenvalue weighted by atomic mass is 32.2. The van der Waals surface area contributed by atoms with E-state index in [0.29, 0.717) is 23.5 Å². The van der Waals surface area contributed by atoms with Crippen LogP contribution in [0.25, 0.3) is 0 Å². The van der Waals surface area contributed by atoms with Crippen molar-refractivity contribution in [3.63, 3.8) is 0 Å². The van der Waals surface area contributed by atoms with E-state index in [9.17, 15) is 12.8 Å². The van der Waals surface area contributed by atoms with Gasteiger partial charge in [-0.1, -0.05) is 6.07 Å². The second-order valence-electron chi connectivity index (χ2n) is 4.33. The topological polar surface area (TPSA) is 61.2 Å². The molecule has 0 aliphatic carbocycles. The fourth-order valence-electron chi connectivity index (χ4n) is 2.20. The number of hydrogen-bond acceptors (Lipinski definition) is 4. The molecule has 20 heavy (non-hydrogen) atoms. The Morgan fingerprint density at radius 2 is 2.10 bits per heavy atom. The van der Waals surface area contributed by atoms with Crippen LogP contribution in [0.15, 0.2) is 34.5 Å². The summed E-state index contributed by atoms with van der Waals surface area (Å²) >= 11 is 0.921. The number of nitriles is 1. The van der Waals surface area contributed by atoms with Crippen LogP contribution in [0.5, 0.6) is 0 Å². The SMILES string of the molecule is N#Cc1ccc(S(=O)(=O)N2CCc3ccc(F)cc32)s1. The lowest BCUT2D eigenvalue weighted by Gasteiger charge is -2.18. The molecule has 1 aliphatic rings. The molecule has 0 bridgehead atoms. The average molecular weight is 308 g/mol. The molecule has 0 atom stereocenters. The van der Waals surface area contributed by atoms with E-state index >= 15 is 0 Å². The van der Waals surface area contributed by atoms with Crippen LogP contribution in [0, 0.1) is 17.1 Å². The molecule has 7 heteroatoms. The fourth-order valence-corrected chi connectivity index (χ4v) is 4.91. The summed E-state index contributed by atoms with van der Waals surface area (Å²) < 4.78 is 39.7. The number of nitrogens with zero attached hydrogens (tertiary/aromatic N) is 2. The molecule has 1 aliphatic heterocycles. The molecule has 0 fully saturated rings. The molecule has 0 spiro atoms. The number of thiophene rings is 1. The van der Waals surface area contributed by atoms with Gasteiger partial charge in [0.25, 0.3) is 10.0 Å². The largest absolute Gasteiger partial charge is 0.273 e. The van der Waals surface area contributed by atoms with E-state index in [1.54, 1.807) is 6.07 Å². The first kappa shape index (κ1) is 13.1. The molecule has 0 unspecified atom stereocenters. The predicted octanol–water partition coefficient (Wildman–Crippen LogP) is 2.51. The molecule has 0 saturated carbocycles. The summed E-state index contributed by atoms with van der Waals surface area (Å²) in [7, 11) is -3.72. The Hall–Kier alpha value is -1.91. The smallest absolute Gasteiger partial charge is 0.265 e. The van der Waals surface area contributed by atoms with E-state index < -0.39 is 15.8 Å². The molecule has 1 aromatic heterocycles. The van der Waals surface area contributed by atoms with Crippen molar-refractivity contribution < 1.29 is 12.8 Å². The van der Waals surface area contributed by atoms with Gasteiger partial charge in [-0.25, -0.2) is 12.8 Å². The van der Waals surface area contributed by atoms with Crippen molar-refractivity contribution in [2.75, 3.05) is 10.8 Å². The number of anilines is 1. The van der Waals surface area contributed by atoms with Gasteiger partial charge >= 0.3 is 0 Å². The first-order valence-electron chi connectivity index (χ1n) is 5.83. The Balaban J connectivity index is 2.07. The fraction of sp³-hybridized carbons (Fsp3) is 0.154. The Morgan fingerprint density at radius 1 is 1.30 bits per heavy atom. The van der Waals surface area contributed by atoms with Gasteiger partial charge in [0.15, 0.2) is 0 Å². The number of halogens is 1. The molecule has 1 aromatic carbocycles. The molecule has 0 N–H and O–H groups in total. The molecule has 3 rings (SSSR count). The summed E-state index contributed by atoms with van der Waals surface area (Å²) in [5, 5.41) is 8.78. The van der Waals surface area contributed by atoms with Gasteiger partial charge in [0, 0.05) is 6.54 Å². The zero-order valence-electron chi connectivity index (χ0n) is 10.2. The van der Waals surface area contributed by atoms with E-state index in [0.717, 1.165) is 16.9 Å². The van der Waals surface area contributed by atoms with Crippen molar-refractivity contribution in [1.82, 2.24) is 0 Å². The summed E-state index contributed by atoms with van der Waals surface area (Å²) in [4.78, 5) is 0.335. The molecule has 4 nitrogen and oxygen atoms in total. The van der Waals surface area contributed by atoms with E-state index in [-0.39, 0.29) is 4.21 Å². The van der Waals surface area contributed by atoms with Gasteiger partial charge in [-0.2, -0.15) is 5.26 Å². The zero-order chi connectivity index (χ0) is 14.3. The molecule has 0 radical (unpaired) electrons. The van der Waals surface area contributed by atoms with Gasteiger partial charge in [-0.3, -0.25) is 4.31 Å².